The van der Waals surface area contributed by atoms with Gasteiger partial charge in [-0.15, -0.1) is 11.3 Å². The van der Waals surface area contributed by atoms with E-state index in [9.17, 15) is 9.59 Å². The third kappa shape index (κ3) is 3.57. The molecule has 3 aromatic heterocycles. The lowest BCUT2D eigenvalue weighted by atomic mass is 10.3. The van der Waals surface area contributed by atoms with Crippen LogP contribution >= 0.6 is 11.3 Å². The van der Waals surface area contributed by atoms with Crippen LogP contribution in [-0.4, -0.2) is 39.9 Å². The first-order valence-corrected chi connectivity index (χ1v) is 8.00. The highest BCUT2D eigenvalue weighted by Crippen LogP contribution is 2.10. The summed E-state index contributed by atoms with van der Waals surface area (Å²) in [7, 11) is 1.72. The standard InChI is InChI=1S/C16H16N4O2S/c1-19(11-13-6-4-8-23-13)15(21)10-17-16(22)14-9-12-5-2-3-7-20(12)18-14/h2-9H,10-11H2,1H3,(H,17,22). The number of hydrogen-bond acceptors (Lipinski definition) is 4. The normalized spacial score (nSPS) is 10.7. The number of amides is 2. The van der Waals surface area contributed by atoms with Crippen LogP contribution < -0.4 is 5.32 Å². The van der Waals surface area contributed by atoms with Gasteiger partial charge in [0.2, 0.25) is 5.91 Å². The zero-order chi connectivity index (χ0) is 16.2. The Balaban J connectivity index is 1.56. The van der Waals surface area contributed by atoms with Crippen LogP contribution in [-0.2, 0) is 11.3 Å². The van der Waals surface area contributed by atoms with Gasteiger partial charge in [-0.3, -0.25) is 9.59 Å². The van der Waals surface area contributed by atoms with Crippen molar-refractivity contribution in [1.82, 2.24) is 19.8 Å². The highest BCUT2D eigenvalue weighted by molar-refractivity contribution is 7.09. The first-order chi connectivity index (χ1) is 11.1. The van der Waals surface area contributed by atoms with Crippen molar-refractivity contribution < 1.29 is 9.59 Å². The summed E-state index contributed by atoms with van der Waals surface area (Å²) in [5.41, 5.74) is 1.13. The van der Waals surface area contributed by atoms with Crippen molar-refractivity contribution in [2.45, 2.75) is 6.54 Å². The lowest BCUT2D eigenvalue weighted by molar-refractivity contribution is -0.129. The Kier molecular flexibility index (Phi) is 4.38. The minimum Gasteiger partial charge on any atom is -0.342 e. The lowest BCUT2D eigenvalue weighted by Crippen LogP contribution is -2.37. The monoisotopic (exact) mass is 328 g/mol. The largest absolute Gasteiger partial charge is 0.342 e. The number of likely N-dealkylation sites (N-methyl/N-ethyl adjacent to an activating group) is 1. The van der Waals surface area contributed by atoms with Crippen LogP contribution in [0.3, 0.4) is 0 Å². The first kappa shape index (κ1) is 15.2. The molecule has 0 unspecified atom stereocenters. The summed E-state index contributed by atoms with van der Waals surface area (Å²) in [4.78, 5) is 26.9. The van der Waals surface area contributed by atoms with Gasteiger partial charge >= 0.3 is 0 Å². The number of carbonyl (C=O) groups is 2. The zero-order valence-electron chi connectivity index (χ0n) is 12.6. The van der Waals surface area contributed by atoms with Crippen LogP contribution in [0.2, 0.25) is 0 Å². The lowest BCUT2D eigenvalue weighted by Gasteiger charge is -2.16. The van der Waals surface area contributed by atoms with Gasteiger partial charge < -0.3 is 10.2 Å². The Hall–Kier alpha value is -2.67. The summed E-state index contributed by atoms with van der Waals surface area (Å²) >= 11 is 1.60. The van der Waals surface area contributed by atoms with E-state index in [1.165, 1.54) is 0 Å². The third-order valence-corrected chi connectivity index (χ3v) is 4.26. The van der Waals surface area contributed by atoms with Crippen molar-refractivity contribution in [3.8, 4) is 0 Å². The van der Waals surface area contributed by atoms with E-state index in [0.717, 1.165) is 10.4 Å². The smallest absolute Gasteiger partial charge is 0.272 e. The van der Waals surface area contributed by atoms with Gasteiger partial charge in [0.25, 0.3) is 5.91 Å². The zero-order valence-corrected chi connectivity index (χ0v) is 13.4. The summed E-state index contributed by atoms with van der Waals surface area (Å²) in [6, 6.07) is 11.2. The van der Waals surface area contributed by atoms with E-state index in [0.29, 0.717) is 12.2 Å². The molecule has 0 aromatic carbocycles. The summed E-state index contributed by atoms with van der Waals surface area (Å²) in [5.74, 6) is -0.498. The minimum absolute atomic E-state index is 0.0470. The van der Waals surface area contributed by atoms with Crippen molar-refractivity contribution in [1.29, 1.82) is 0 Å². The Morgan fingerprint density at radius 3 is 2.91 bits per heavy atom. The van der Waals surface area contributed by atoms with Crippen molar-refractivity contribution in [2.75, 3.05) is 13.6 Å². The van der Waals surface area contributed by atoms with Crippen molar-refractivity contribution >= 4 is 28.7 Å². The topological polar surface area (TPSA) is 66.7 Å². The maximum atomic E-state index is 12.1. The molecule has 0 fully saturated rings. The van der Waals surface area contributed by atoms with Crippen molar-refractivity contribution in [3.63, 3.8) is 0 Å². The van der Waals surface area contributed by atoms with Gasteiger partial charge in [0.15, 0.2) is 5.69 Å². The van der Waals surface area contributed by atoms with E-state index in [-0.39, 0.29) is 18.4 Å². The number of thiophene rings is 1. The molecule has 0 aliphatic heterocycles. The van der Waals surface area contributed by atoms with E-state index in [4.69, 9.17) is 0 Å². The second-order valence-corrected chi connectivity index (χ2v) is 6.14. The van der Waals surface area contributed by atoms with Crippen molar-refractivity contribution in [3.05, 3.63) is 58.5 Å². The quantitative estimate of drug-likeness (QED) is 0.776. The van der Waals surface area contributed by atoms with Gasteiger partial charge in [0.1, 0.15) is 0 Å². The Morgan fingerprint density at radius 1 is 1.30 bits per heavy atom. The molecule has 0 spiro atoms. The van der Waals surface area contributed by atoms with E-state index >= 15 is 0 Å². The Bertz CT molecular complexity index is 793. The maximum absolute atomic E-state index is 12.1. The van der Waals surface area contributed by atoms with Crippen LogP contribution in [0.1, 0.15) is 15.4 Å². The Labute approximate surface area is 137 Å². The number of nitrogens with zero attached hydrogens (tertiary/aromatic N) is 3. The van der Waals surface area contributed by atoms with Gasteiger partial charge in [-0.05, 0) is 29.6 Å². The molecule has 0 radical (unpaired) electrons. The molecule has 3 heterocycles. The minimum atomic E-state index is -0.355. The number of hydrogen-bond donors (Lipinski definition) is 1. The molecular formula is C16H16N4O2S. The number of rotatable bonds is 5. The highest BCUT2D eigenvalue weighted by atomic mass is 32.1. The first-order valence-electron chi connectivity index (χ1n) is 7.12. The molecule has 0 aliphatic rings. The fourth-order valence-electron chi connectivity index (χ4n) is 2.15. The molecule has 0 bridgehead atoms. The van der Waals surface area contributed by atoms with Crippen LogP contribution in [0.15, 0.2) is 48.0 Å². The second kappa shape index (κ2) is 6.62. The van der Waals surface area contributed by atoms with Crippen LogP contribution in [0, 0.1) is 0 Å². The number of nitrogens with one attached hydrogen (secondary N) is 1. The average molecular weight is 328 g/mol. The fourth-order valence-corrected chi connectivity index (χ4v) is 2.91. The van der Waals surface area contributed by atoms with Crippen LogP contribution in [0.25, 0.3) is 5.52 Å². The predicted octanol–water partition coefficient (Wildman–Crippen LogP) is 1.78. The molecule has 1 N–H and O–H groups in total. The second-order valence-electron chi connectivity index (χ2n) is 5.11. The number of carbonyl (C=O) groups excluding carboxylic acids is 2. The van der Waals surface area contributed by atoms with Crippen LogP contribution in [0.5, 0.6) is 0 Å². The van der Waals surface area contributed by atoms with E-state index in [1.54, 1.807) is 40.1 Å². The maximum Gasteiger partial charge on any atom is 0.272 e. The van der Waals surface area contributed by atoms with Crippen molar-refractivity contribution in [2.24, 2.45) is 0 Å². The van der Waals surface area contributed by atoms with Gasteiger partial charge in [-0.25, -0.2) is 4.52 Å². The molecule has 0 aliphatic carbocycles. The molecule has 6 nitrogen and oxygen atoms in total. The summed E-state index contributed by atoms with van der Waals surface area (Å²) in [5, 5.41) is 8.77. The average Bonchev–Trinajstić information content (AvgIpc) is 3.20. The molecular weight excluding hydrogens is 312 g/mol. The Morgan fingerprint density at radius 2 is 2.17 bits per heavy atom. The fraction of sp³-hybridized carbons (Fsp3) is 0.188. The van der Waals surface area contributed by atoms with E-state index in [1.807, 2.05) is 35.7 Å². The molecule has 3 aromatic rings. The van der Waals surface area contributed by atoms with Gasteiger partial charge in [-0.1, -0.05) is 12.1 Å². The molecule has 23 heavy (non-hydrogen) atoms. The van der Waals surface area contributed by atoms with Crippen LogP contribution in [0.4, 0.5) is 0 Å². The molecule has 118 valence electrons. The molecule has 2 amide bonds. The molecule has 3 rings (SSSR count). The van der Waals surface area contributed by atoms with E-state index < -0.39 is 0 Å². The van der Waals surface area contributed by atoms with Gasteiger partial charge in [0.05, 0.1) is 18.6 Å². The number of aromatic nitrogens is 2. The SMILES string of the molecule is CN(Cc1cccs1)C(=O)CNC(=O)c1cc2ccccn2n1. The summed E-state index contributed by atoms with van der Waals surface area (Å²) in [6.07, 6.45) is 1.77. The summed E-state index contributed by atoms with van der Waals surface area (Å²) < 4.78 is 1.62. The third-order valence-electron chi connectivity index (χ3n) is 3.40. The van der Waals surface area contributed by atoms with Gasteiger partial charge in [0, 0.05) is 18.1 Å². The van der Waals surface area contributed by atoms with E-state index in [2.05, 4.69) is 10.4 Å². The highest BCUT2D eigenvalue weighted by Gasteiger charge is 2.14. The molecule has 0 atom stereocenters. The predicted molar refractivity (Wildman–Crippen MR) is 88.3 cm³/mol. The molecule has 0 saturated heterocycles. The summed E-state index contributed by atoms with van der Waals surface area (Å²) in [6.45, 7) is 0.495. The number of pyridine rings is 1. The number of fused-ring (bicyclic) bond motifs is 1. The molecule has 7 heteroatoms. The molecule has 0 saturated carbocycles. The van der Waals surface area contributed by atoms with Gasteiger partial charge in [-0.2, -0.15) is 5.10 Å².